The fourth-order valence-corrected chi connectivity index (χ4v) is 1.46. The molecule has 0 aliphatic rings. The van der Waals surface area contributed by atoms with Crippen LogP contribution in [0.15, 0.2) is 24.3 Å². The lowest BCUT2D eigenvalue weighted by atomic mass is 9.90. The Labute approximate surface area is 118 Å². The molecule has 0 aliphatic heterocycles. The van der Waals surface area contributed by atoms with Crippen molar-refractivity contribution in [1.29, 1.82) is 0 Å². The van der Waals surface area contributed by atoms with Crippen molar-refractivity contribution in [2.75, 3.05) is 13.2 Å². The maximum absolute atomic E-state index is 11.6. The van der Waals surface area contributed by atoms with E-state index < -0.39 is 11.4 Å². The zero-order chi connectivity index (χ0) is 15.2. The minimum atomic E-state index is -0.873. The summed E-state index contributed by atoms with van der Waals surface area (Å²) in [5.41, 5.74) is 0.281. The first kappa shape index (κ1) is 16.0. The summed E-state index contributed by atoms with van der Waals surface area (Å²) in [5, 5.41) is 11.6. The molecule has 5 nitrogen and oxygen atoms in total. The van der Waals surface area contributed by atoms with Gasteiger partial charge in [-0.2, -0.15) is 0 Å². The Morgan fingerprint density at radius 2 is 1.85 bits per heavy atom. The zero-order valence-electron chi connectivity index (χ0n) is 12.1. The lowest BCUT2D eigenvalue weighted by Crippen LogP contribution is -2.34. The molecule has 1 rings (SSSR count). The maximum atomic E-state index is 11.6. The third kappa shape index (κ3) is 5.30. The minimum absolute atomic E-state index is 0.0729. The van der Waals surface area contributed by atoms with Crippen molar-refractivity contribution in [3.05, 3.63) is 29.8 Å². The van der Waals surface area contributed by atoms with E-state index in [0.29, 0.717) is 18.7 Å². The molecule has 1 aromatic carbocycles. The molecule has 20 heavy (non-hydrogen) atoms. The van der Waals surface area contributed by atoms with Crippen molar-refractivity contribution in [2.24, 2.45) is 5.41 Å². The van der Waals surface area contributed by atoms with Crippen LogP contribution in [0.3, 0.4) is 0 Å². The molecular formula is C15H21NO4. The van der Waals surface area contributed by atoms with E-state index in [9.17, 15) is 9.59 Å². The van der Waals surface area contributed by atoms with Gasteiger partial charge in [0.25, 0.3) is 5.91 Å². The highest BCUT2D eigenvalue weighted by molar-refractivity contribution is 5.77. The minimum Gasteiger partial charge on any atom is -0.484 e. The summed E-state index contributed by atoms with van der Waals surface area (Å²) in [6, 6.07) is 7.41. The summed E-state index contributed by atoms with van der Waals surface area (Å²) in [4.78, 5) is 22.5. The highest BCUT2D eigenvalue weighted by Crippen LogP contribution is 2.19. The van der Waals surface area contributed by atoms with Gasteiger partial charge in [0.15, 0.2) is 6.61 Å². The molecule has 0 fully saturated rings. The van der Waals surface area contributed by atoms with Gasteiger partial charge in [0.05, 0.1) is 5.41 Å². The average Bonchev–Trinajstić information content (AvgIpc) is 2.37. The predicted molar refractivity (Wildman–Crippen MR) is 75.7 cm³/mol. The first-order valence-electron chi connectivity index (χ1n) is 6.51. The largest absolute Gasteiger partial charge is 0.484 e. The van der Waals surface area contributed by atoms with Gasteiger partial charge in [-0.1, -0.05) is 17.7 Å². The molecule has 0 saturated carbocycles. The van der Waals surface area contributed by atoms with E-state index in [1.54, 1.807) is 26.0 Å². The SMILES string of the molecule is Cc1ccc(OCC(=O)NCCC(C)(C)C(=O)O)cc1. The molecule has 0 unspecified atom stereocenters. The summed E-state index contributed by atoms with van der Waals surface area (Å²) < 4.78 is 5.32. The summed E-state index contributed by atoms with van der Waals surface area (Å²) in [6.07, 6.45) is 0.374. The second-order valence-corrected chi connectivity index (χ2v) is 5.39. The number of benzene rings is 1. The van der Waals surface area contributed by atoms with Gasteiger partial charge < -0.3 is 15.2 Å². The van der Waals surface area contributed by atoms with Crippen molar-refractivity contribution in [3.8, 4) is 5.75 Å². The number of aryl methyl sites for hydroxylation is 1. The van der Waals surface area contributed by atoms with Crippen LogP contribution in [-0.2, 0) is 9.59 Å². The van der Waals surface area contributed by atoms with Crippen LogP contribution in [0.1, 0.15) is 25.8 Å². The summed E-state index contributed by atoms with van der Waals surface area (Å²) in [7, 11) is 0. The van der Waals surface area contributed by atoms with E-state index in [4.69, 9.17) is 9.84 Å². The number of amides is 1. The average molecular weight is 279 g/mol. The molecule has 0 aromatic heterocycles. The number of ether oxygens (including phenoxy) is 1. The van der Waals surface area contributed by atoms with Gasteiger partial charge in [-0.3, -0.25) is 9.59 Å². The van der Waals surface area contributed by atoms with E-state index in [-0.39, 0.29) is 12.5 Å². The van der Waals surface area contributed by atoms with Crippen LogP contribution in [0.4, 0.5) is 0 Å². The Balaban J connectivity index is 2.27. The van der Waals surface area contributed by atoms with Gasteiger partial charge in [0.1, 0.15) is 5.75 Å². The highest BCUT2D eigenvalue weighted by Gasteiger charge is 2.26. The normalized spacial score (nSPS) is 10.9. The third-order valence-corrected chi connectivity index (χ3v) is 3.04. The predicted octanol–water partition coefficient (Wildman–Crippen LogP) is 1.99. The van der Waals surface area contributed by atoms with Gasteiger partial charge in [0, 0.05) is 6.54 Å². The quantitative estimate of drug-likeness (QED) is 0.800. The molecule has 0 bridgehead atoms. The molecule has 0 heterocycles. The van der Waals surface area contributed by atoms with E-state index in [1.807, 2.05) is 19.1 Å². The lowest BCUT2D eigenvalue weighted by Gasteiger charge is -2.18. The van der Waals surface area contributed by atoms with E-state index >= 15 is 0 Å². The summed E-state index contributed by atoms with van der Waals surface area (Å²) in [6.45, 7) is 5.47. The summed E-state index contributed by atoms with van der Waals surface area (Å²) in [5.74, 6) is -0.494. The maximum Gasteiger partial charge on any atom is 0.309 e. The van der Waals surface area contributed by atoms with E-state index in [1.165, 1.54) is 0 Å². The first-order valence-corrected chi connectivity index (χ1v) is 6.51. The van der Waals surface area contributed by atoms with Gasteiger partial charge in [-0.15, -0.1) is 0 Å². The third-order valence-electron chi connectivity index (χ3n) is 3.04. The standard InChI is InChI=1S/C15H21NO4/c1-11-4-6-12(7-5-11)20-10-13(17)16-9-8-15(2,3)14(18)19/h4-7H,8-10H2,1-3H3,(H,16,17)(H,18,19). The van der Waals surface area contributed by atoms with Crippen LogP contribution in [0.25, 0.3) is 0 Å². The number of hydrogen-bond donors (Lipinski definition) is 2. The van der Waals surface area contributed by atoms with E-state index in [0.717, 1.165) is 5.56 Å². The molecule has 110 valence electrons. The second-order valence-electron chi connectivity index (χ2n) is 5.39. The number of carbonyl (C=O) groups is 2. The second kappa shape index (κ2) is 6.93. The molecule has 0 atom stereocenters. The van der Waals surface area contributed by atoms with Crippen molar-refractivity contribution >= 4 is 11.9 Å². The Morgan fingerprint density at radius 3 is 2.40 bits per heavy atom. The smallest absolute Gasteiger partial charge is 0.309 e. The molecule has 1 amide bonds. The number of aliphatic carboxylic acids is 1. The number of carboxylic acids is 1. The topological polar surface area (TPSA) is 75.6 Å². The van der Waals surface area contributed by atoms with Crippen molar-refractivity contribution in [1.82, 2.24) is 5.32 Å². The molecule has 0 radical (unpaired) electrons. The molecule has 0 aliphatic carbocycles. The fourth-order valence-electron chi connectivity index (χ4n) is 1.46. The Hall–Kier alpha value is -2.04. The molecule has 5 heteroatoms. The molecule has 0 spiro atoms. The monoisotopic (exact) mass is 279 g/mol. The van der Waals surface area contributed by atoms with Crippen LogP contribution in [0, 0.1) is 12.3 Å². The van der Waals surface area contributed by atoms with E-state index in [2.05, 4.69) is 5.32 Å². The van der Waals surface area contributed by atoms with Crippen molar-refractivity contribution in [3.63, 3.8) is 0 Å². The van der Waals surface area contributed by atoms with Gasteiger partial charge in [-0.05, 0) is 39.3 Å². The number of nitrogens with one attached hydrogen (secondary N) is 1. The van der Waals surface area contributed by atoms with Crippen molar-refractivity contribution < 1.29 is 19.4 Å². The molecule has 0 saturated heterocycles. The fraction of sp³-hybridized carbons (Fsp3) is 0.467. The van der Waals surface area contributed by atoms with Crippen LogP contribution < -0.4 is 10.1 Å². The molecule has 2 N–H and O–H groups in total. The zero-order valence-corrected chi connectivity index (χ0v) is 12.1. The molecule has 1 aromatic rings. The van der Waals surface area contributed by atoms with Crippen LogP contribution in [-0.4, -0.2) is 30.1 Å². The van der Waals surface area contributed by atoms with Crippen LogP contribution >= 0.6 is 0 Å². The first-order chi connectivity index (χ1) is 9.31. The Morgan fingerprint density at radius 1 is 1.25 bits per heavy atom. The lowest BCUT2D eigenvalue weighted by molar-refractivity contribution is -0.147. The summed E-state index contributed by atoms with van der Waals surface area (Å²) >= 11 is 0. The van der Waals surface area contributed by atoms with Crippen molar-refractivity contribution in [2.45, 2.75) is 27.2 Å². The Bertz CT molecular complexity index is 465. The number of rotatable bonds is 7. The number of hydrogen-bond acceptors (Lipinski definition) is 3. The van der Waals surface area contributed by atoms with Crippen LogP contribution in [0.5, 0.6) is 5.75 Å². The molecular weight excluding hydrogens is 258 g/mol. The number of carboxylic acid groups (broad SMARTS) is 1. The number of carbonyl (C=O) groups excluding carboxylic acids is 1. The Kier molecular flexibility index (Phi) is 5.55. The van der Waals surface area contributed by atoms with Gasteiger partial charge in [-0.25, -0.2) is 0 Å². The highest BCUT2D eigenvalue weighted by atomic mass is 16.5. The van der Waals surface area contributed by atoms with Gasteiger partial charge >= 0.3 is 5.97 Å². The van der Waals surface area contributed by atoms with Crippen LogP contribution in [0.2, 0.25) is 0 Å². The van der Waals surface area contributed by atoms with Gasteiger partial charge in [0.2, 0.25) is 0 Å².